The Balaban J connectivity index is 4.01. The highest BCUT2D eigenvalue weighted by molar-refractivity contribution is 7.47. The highest BCUT2D eigenvalue weighted by Gasteiger charge is 2.26. The standard InChI is InChI=1S/C59H104NO8P/c1-3-5-7-9-11-13-15-17-19-21-23-24-25-26-27-28-29-30-31-32-34-35-37-39-41-43-45-47-49-51-58(61)65-55-57(56-67-69(63,64)66-54-53-60)68-59(62)52-50-48-46-44-42-40-38-36-33-22-20-18-16-14-12-10-8-6-4-2/h6,8,12,14,18,20-21,23,33,36,40,42,46,48,57H,3-5,7,9-11,13,15-17,19,22,24-32,34-35,37-39,41,43-45,47,49-56,60H2,1-2H3,(H,63,64)/b8-6-,14-12-,20-18-,23-21-,36-33-,42-40-,48-46-. The Bertz CT molecular complexity index is 1400. The van der Waals surface area contributed by atoms with Gasteiger partial charge in [-0.25, -0.2) is 4.57 Å². The molecular weight excluding hydrogens is 882 g/mol. The van der Waals surface area contributed by atoms with Crippen LogP contribution in [0.1, 0.15) is 245 Å². The van der Waals surface area contributed by atoms with Crippen molar-refractivity contribution in [2.24, 2.45) is 5.73 Å². The minimum absolute atomic E-state index is 0.0388. The maximum Gasteiger partial charge on any atom is 0.472 e. The molecule has 0 aromatic rings. The summed E-state index contributed by atoms with van der Waals surface area (Å²) >= 11 is 0. The summed E-state index contributed by atoms with van der Waals surface area (Å²) < 4.78 is 32.9. The van der Waals surface area contributed by atoms with Crippen LogP contribution in [-0.2, 0) is 32.7 Å². The van der Waals surface area contributed by atoms with Gasteiger partial charge < -0.3 is 20.1 Å². The van der Waals surface area contributed by atoms with Gasteiger partial charge in [-0.2, -0.15) is 0 Å². The first kappa shape index (κ1) is 66.2. The van der Waals surface area contributed by atoms with Crippen molar-refractivity contribution in [3.8, 4) is 0 Å². The van der Waals surface area contributed by atoms with E-state index in [-0.39, 0.29) is 32.6 Å². The lowest BCUT2D eigenvalue weighted by Gasteiger charge is -2.19. The fourth-order valence-corrected chi connectivity index (χ4v) is 8.42. The first-order valence-corrected chi connectivity index (χ1v) is 29.6. The van der Waals surface area contributed by atoms with Crippen molar-refractivity contribution < 1.29 is 37.6 Å². The zero-order chi connectivity index (χ0) is 50.2. The van der Waals surface area contributed by atoms with Crippen LogP contribution in [0.5, 0.6) is 0 Å². The van der Waals surface area contributed by atoms with E-state index in [1.807, 2.05) is 12.2 Å². The van der Waals surface area contributed by atoms with Gasteiger partial charge in [0, 0.05) is 19.4 Å². The Labute approximate surface area is 424 Å². The van der Waals surface area contributed by atoms with Gasteiger partial charge in [-0.05, 0) is 77.0 Å². The summed E-state index contributed by atoms with van der Waals surface area (Å²) in [6, 6.07) is 0. The molecule has 0 aromatic heterocycles. The van der Waals surface area contributed by atoms with E-state index in [9.17, 15) is 19.0 Å². The fraction of sp³-hybridized carbons (Fsp3) is 0.729. The lowest BCUT2D eigenvalue weighted by atomic mass is 10.0. The molecule has 0 aliphatic rings. The topological polar surface area (TPSA) is 134 Å². The predicted octanol–water partition coefficient (Wildman–Crippen LogP) is 17.5. The van der Waals surface area contributed by atoms with E-state index in [1.54, 1.807) is 0 Å². The number of nitrogens with two attached hydrogens (primary N) is 1. The summed E-state index contributed by atoms with van der Waals surface area (Å²) in [6.45, 7) is 3.55. The molecule has 0 bridgehead atoms. The predicted molar refractivity (Wildman–Crippen MR) is 293 cm³/mol. The molecule has 2 unspecified atom stereocenters. The number of phosphoric ester groups is 1. The second kappa shape index (κ2) is 54.5. The van der Waals surface area contributed by atoms with Gasteiger partial charge in [0.15, 0.2) is 6.10 Å². The molecule has 0 saturated carbocycles. The van der Waals surface area contributed by atoms with E-state index in [1.165, 1.54) is 154 Å². The number of ether oxygens (including phenoxy) is 2. The van der Waals surface area contributed by atoms with Crippen LogP contribution in [0.2, 0.25) is 0 Å². The summed E-state index contributed by atoms with van der Waals surface area (Å²) in [5.74, 6) is -0.924. The number of hydrogen-bond donors (Lipinski definition) is 2. The largest absolute Gasteiger partial charge is 0.472 e. The van der Waals surface area contributed by atoms with Gasteiger partial charge in [-0.1, -0.05) is 240 Å². The van der Waals surface area contributed by atoms with Gasteiger partial charge in [0.1, 0.15) is 6.61 Å². The summed E-state index contributed by atoms with van der Waals surface area (Å²) in [7, 11) is -4.41. The maximum absolute atomic E-state index is 12.6. The minimum Gasteiger partial charge on any atom is -0.462 e. The first-order chi connectivity index (χ1) is 33.8. The third kappa shape index (κ3) is 54.4. The van der Waals surface area contributed by atoms with Gasteiger partial charge in [-0.15, -0.1) is 0 Å². The molecule has 0 radical (unpaired) electrons. The fourth-order valence-electron chi connectivity index (χ4n) is 7.66. The molecule has 0 heterocycles. The molecule has 69 heavy (non-hydrogen) atoms. The molecule has 0 rings (SSSR count). The molecule has 0 amide bonds. The SMILES string of the molecule is CC/C=C\C/C=C\C/C=C\C/C=C\C/C=C\C/C=C\CCC(=O)OC(COC(=O)CCCCCCCCCCCCCCCCCCC/C=C\CCCCCCCCCC)COP(=O)(O)OCCN. The Morgan fingerprint density at radius 1 is 0.449 bits per heavy atom. The number of rotatable bonds is 52. The molecule has 0 fully saturated rings. The molecule has 398 valence electrons. The third-order valence-corrected chi connectivity index (χ3v) is 12.8. The van der Waals surface area contributed by atoms with Crippen LogP contribution in [0.3, 0.4) is 0 Å². The molecule has 9 nitrogen and oxygen atoms in total. The summed E-state index contributed by atoms with van der Waals surface area (Å²) in [4.78, 5) is 35.1. The van der Waals surface area contributed by atoms with E-state index in [4.69, 9.17) is 24.3 Å². The lowest BCUT2D eigenvalue weighted by molar-refractivity contribution is -0.161. The van der Waals surface area contributed by atoms with E-state index < -0.39 is 32.5 Å². The van der Waals surface area contributed by atoms with Gasteiger partial charge in [0.25, 0.3) is 0 Å². The van der Waals surface area contributed by atoms with Crippen molar-refractivity contribution >= 4 is 19.8 Å². The number of allylic oxidation sites excluding steroid dienone is 14. The summed E-state index contributed by atoms with van der Waals surface area (Å²) in [5.41, 5.74) is 5.37. The number of carbonyl (C=O) groups is 2. The zero-order valence-corrected chi connectivity index (χ0v) is 45.2. The second-order valence-corrected chi connectivity index (χ2v) is 19.9. The monoisotopic (exact) mass is 986 g/mol. The summed E-state index contributed by atoms with van der Waals surface area (Å²) in [6.07, 6.45) is 70.9. The molecule has 0 saturated heterocycles. The third-order valence-electron chi connectivity index (χ3n) is 11.8. The van der Waals surface area contributed by atoms with E-state index >= 15 is 0 Å². The van der Waals surface area contributed by atoms with E-state index in [0.717, 1.165) is 57.8 Å². The van der Waals surface area contributed by atoms with Crippen molar-refractivity contribution in [3.05, 3.63) is 85.1 Å². The zero-order valence-electron chi connectivity index (χ0n) is 44.3. The Morgan fingerprint density at radius 3 is 1.25 bits per heavy atom. The molecular formula is C59H104NO8P. The van der Waals surface area contributed by atoms with Gasteiger partial charge in [-0.3, -0.25) is 18.6 Å². The van der Waals surface area contributed by atoms with Crippen LogP contribution >= 0.6 is 7.82 Å². The average Bonchev–Trinajstić information content (AvgIpc) is 3.34. The summed E-state index contributed by atoms with van der Waals surface area (Å²) in [5, 5.41) is 0. The molecule has 10 heteroatoms. The van der Waals surface area contributed by atoms with Crippen molar-refractivity contribution in [2.75, 3.05) is 26.4 Å². The molecule has 3 N–H and O–H groups in total. The molecule has 0 aliphatic heterocycles. The van der Waals surface area contributed by atoms with Crippen LogP contribution in [0.4, 0.5) is 0 Å². The first-order valence-electron chi connectivity index (χ1n) is 28.1. The average molecular weight is 986 g/mol. The van der Waals surface area contributed by atoms with E-state index in [0.29, 0.717) is 6.42 Å². The molecule has 0 spiro atoms. The number of phosphoric acid groups is 1. The molecule has 0 aromatic carbocycles. The van der Waals surface area contributed by atoms with E-state index in [2.05, 4.69) is 86.8 Å². The van der Waals surface area contributed by atoms with Crippen molar-refractivity contribution in [1.82, 2.24) is 0 Å². The van der Waals surface area contributed by atoms with Crippen LogP contribution in [0.15, 0.2) is 85.1 Å². The highest BCUT2D eigenvalue weighted by Crippen LogP contribution is 2.43. The van der Waals surface area contributed by atoms with Gasteiger partial charge in [0.2, 0.25) is 0 Å². The van der Waals surface area contributed by atoms with Crippen LogP contribution in [0, 0.1) is 0 Å². The maximum atomic E-state index is 12.6. The van der Waals surface area contributed by atoms with Crippen molar-refractivity contribution in [3.63, 3.8) is 0 Å². The number of hydrogen-bond acceptors (Lipinski definition) is 8. The normalized spacial score (nSPS) is 13.7. The van der Waals surface area contributed by atoms with Crippen molar-refractivity contribution in [2.45, 2.75) is 251 Å². The lowest BCUT2D eigenvalue weighted by Crippen LogP contribution is -2.29. The Hall–Kier alpha value is -2.81. The van der Waals surface area contributed by atoms with Gasteiger partial charge in [0.05, 0.1) is 13.2 Å². The Morgan fingerprint density at radius 2 is 0.826 bits per heavy atom. The van der Waals surface area contributed by atoms with Crippen molar-refractivity contribution in [1.29, 1.82) is 0 Å². The number of esters is 2. The van der Waals surface area contributed by atoms with Crippen LogP contribution in [-0.4, -0.2) is 49.3 Å². The highest BCUT2D eigenvalue weighted by atomic mass is 31.2. The molecule has 0 aliphatic carbocycles. The van der Waals surface area contributed by atoms with Gasteiger partial charge >= 0.3 is 19.8 Å². The van der Waals surface area contributed by atoms with Crippen LogP contribution < -0.4 is 5.73 Å². The second-order valence-electron chi connectivity index (χ2n) is 18.4. The Kier molecular flexibility index (Phi) is 52.3. The number of carbonyl (C=O) groups excluding carboxylic acids is 2. The quantitative estimate of drug-likeness (QED) is 0.0264. The number of unbranched alkanes of at least 4 members (excludes halogenated alkanes) is 25. The smallest absolute Gasteiger partial charge is 0.462 e. The van der Waals surface area contributed by atoms with Crippen LogP contribution in [0.25, 0.3) is 0 Å². The minimum atomic E-state index is -4.41. The molecule has 2 atom stereocenters.